The molecule has 2 aromatic carbocycles. The lowest BCUT2D eigenvalue weighted by Crippen LogP contribution is -2.41. The summed E-state index contributed by atoms with van der Waals surface area (Å²) in [5.74, 6) is 1.35. The third-order valence-electron chi connectivity index (χ3n) is 4.46. The zero-order valence-corrected chi connectivity index (χ0v) is 16.5. The van der Waals surface area contributed by atoms with Crippen molar-refractivity contribution < 1.29 is 14.3 Å². The van der Waals surface area contributed by atoms with E-state index in [1.807, 2.05) is 83.1 Å². The van der Waals surface area contributed by atoms with Crippen LogP contribution < -0.4 is 14.8 Å². The van der Waals surface area contributed by atoms with Crippen LogP contribution in [0.5, 0.6) is 11.5 Å². The lowest BCUT2D eigenvalue weighted by atomic mass is 9.83. The molecule has 4 heteroatoms. The monoisotopic (exact) mass is 355 g/mol. The van der Waals surface area contributed by atoms with E-state index in [1.54, 1.807) is 7.11 Å². The van der Waals surface area contributed by atoms with Gasteiger partial charge in [-0.05, 0) is 57.9 Å². The Balaban J connectivity index is 2.16. The third kappa shape index (κ3) is 4.57. The maximum atomic E-state index is 12.8. The first-order valence-corrected chi connectivity index (χ1v) is 8.96. The summed E-state index contributed by atoms with van der Waals surface area (Å²) < 4.78 is 11.2. The summed E-state index contributed by atoms with van der Waals surface area (Å²) in [5.41, 5.74) is 1.35. The van der Waals surface area contributed by atoms with Crippen LogP contribution in [0.4, 0.5) is 0 Å². The van der Waals surface area contributed by atoms with E-state index in [4.69, 9.17) is 9.47 Å². The average molecular weight is 355 g/mol. The minimum atomic E-state index is -0.611. The van der Waals surface area contributed by atoms with Crippen molar-refractivity contribution in [2.75, 3.05) is 7.11 Å². The van der Waals surface area contributed by atoms with Crippen molar-refractivity contribution >= 4 is 5.91 Å². The molecule has 0 fully saturated rings. The molecule has 0 aromatic heterocycles. The largest absolute Gasteiger partial charge is 0.493 e. The van der Waals surface area contributed by atoms with Gasteiger partial charge < -0.3 is 14.8 Å². The molecular formula is C22H29NO3. The maximum absolute atomic E-state index is 12.8. The molecule has 4 nitrogen and oxygen atoms in total. The van der Waals surface area contributed by atoms with Crippen LogP contribution in [-0.2, 0) is 10.2 Å². The van der Waals surface area contributed by atoms with Gasteiger partial charge in [-0.1, -0.05) is 36.4 Å². The predicted molar refractivity (Wildman–Crippen MR) is 105 cm³/mol. The second kappa shape index (κ2) is 8.26. The molecule has 26 heavy (non-hydrogen) atoms. The summed E-state index contributed by atoms with van der Waals surface area (Å²) in [7, 11) is 1.62. The number of hydrogen-bond donors (Lipinski definition) is 1. The Morgan fingerprint density at radius 3 is 2.23 bits per heavy atom. The van der Waals surface area contributed by atoms with Crippen LogP contribution in [0.15, 0.2) is 48.5 Å². The fraction of sp³-hybridized carbons (Fsp3) is 0.409. The topological polar surface area (TPSA) is 47.6 Å². The van der Waals surface area contributed by atoms with E-state index < -0.39 is 5.41 Å². The first-order chi connectivity index (χ1) is 12.3. The van der Waals surface area contributed by atoms with Gasteiger partial charge in [0.15, 0.2) is 11.5 Å². The van der Waals surface area contributed by atoms with E-state index in [0.717, 1.165) is 11.1 Å². The number of carbonyl (C=O) groups excluding carboxylic acids is 1. The maximum Gasteiger partial charge on any atom is 0.230 e. The predicted octanol–water partition coefficient (Wildman–Crippen LogP) is 4.64. The number of benzene rings is 2. The molecule has 0 spiro atoms. The SMILES string of the molecule is COc1cc(C(C)NC(=O)C(C)(C)c2ccccc2)ccc1OC(C)C. The highest BCUT2D eigenvalue weighted by Gasteiger charge is 2.30. The van der Waals surface area contributed by atoms with Crippen molar-refractivity contribution in [2.45, 2.75) is 52.2 Å². The van der Waals surface area contributed by atoms with Crippen molar-refractivity contribution in [2.24, 2.45) is 0 Å². The Morgan fingerprint density at radius 1 is 1.00 bits per heavy atom. The van der Waals surface area contributed by atoms with Crippen LogP contribution in [0.1, 0.15) is 51.8 Å². The molecule has 2 rings (SSSR count). The Bertz CT molecular complexity index is 738. The second-order valence-corrected chi connectivity index (χ2v) is 7.26. The van der Waals surface area contributed by atoms with Gasteiger partial charge in [0.1, 0.15) is 0 Å². The zero-order valence-electron chi connectivity index (χ0n) is 16.5. The van der Waals surface area contributed by atoms with Gasteiger partial charge >= 0.3 is 0 Å². The summed E-state index contributed by atoms with van der Waals surface area (Å²) in [5, 5.41) is 3.11. The summed E-state index contributed by atoms with van der Waals surface area (Å²) in [6.45, 7) is 9.79. The van der Waals surface area contributed by atoms with Crippen molar-refractivity contribution in [3.05, 3.63) is 59.7 Å². The van der Waals surface area contributed by atoms with E-state index in [2.05, 4.69) is 5.32 Å². The highest BCUT2D eigenvalue weighted by molar-refractivity contribution is 5.87. The van der Waals surface area contributed by atoms with Gasteiger partial charge in [-0.3, -0.25) is 4.79 Å². The Labute approximate surface area is 156 Å². The molecule has 0 bridgehead atoms. The number of ether oxygens (including phenoxy) is 2. The standard InChI is InChI=1S/C22H29NO3/c1-15(2)26-19-13-12-17(14-20(19)25-6)16(3)23-21(24)22(4,5)18-10-8-7-9-11-18/h7-16H,1-6H3,(H,23,24). The van der Waals surface area contributed by atoms with Gasteiger partial charge in [-0.15, -0.1) is 0 Å². The molecular weight excluding hydrogens is 326 g/mol. The molecule has 1 N–H and O–H groups in total. The van der Waals surface area contributed by atoms with Crippen molar-refractivity contribution in [3.8, 4) is 11.5 Å². The van der Waals surface area contributed by atoms with Crippen LogP contribution >= 0.6 is 0 Å². The first kappa shape index (κ1) is 19.8. The van der Waals surface area contributed by atoms with Crippen molar-refractivity contribution in [1.82, 2.24) is 5.32 Å². The smallest absolute Gasteiger partial charge is 0.230 e. The van der Waals surface area contributed by atoms with E-state index in [0.29, 0.717) is 11.5 Å². The third-order valence-corrected chi connectivity index (χ3v) is 4.46. The molecule has 0 saturated heterocycles. The summed E-state index contributed by atoms with van der Waals surface area (Å²) in [6, 6.07) is 15.4. The number of nitrogens with one attached hydrogen (secondary N) is 1. The molecule has 0 heterocycles. The average Bonchev–Trinajstić information content (AvgIpc) is 2.62. The summed E-state index contributed by atoms with van der Waals surface area (Å²) in [6.07, 6.45) is 0.0681. The van der Waals surface area contributed by atoms with Crippen molar-refractivity contribution in [1.29, 1.82) is 0 Å². The molecule has 0 aliphatic heterocycles. The molecule has 0 saturated carbocycles. The van der Waals surface area contributed by atoms with Gasteiger partial charge in [0.2, 0.25) is 5.91 Å². The zero-order chi connectivity index (χ0) is 19.3. The molecule has 0 aliphatic carbocycles. The first-order valence-electron chi connectivity index (χ1n) is 8.96. The van der Waals surface area contributed by atoms with E-state index in [-0.39, 0.29) is 18.1 Å². The van der Waals surface area contributed by atoms with Gasteiger partial charge in [-0.25, -0.2) is 0 Å². The minimum absolute atomic E-state index is 0.0160. The van der Waals surface area contributed by atoms with Crippen LogP contribution in [0.25, 0.3) is 0 Å². The number of hydrogen-bond acceptors (Lipinski definition) is 3. The van der Waals surface area contributed by atoms with E-state index >= 15 is 0 Å². The van der Waals surface area contributed by atoms with Gasteiger partial charge in [0.05, 0.1) is 24.7 Å². The molecule has 1 atom stereocenters. The van der Waals surface area contributed by atoms with Gasteiger partial charge in [0.25, 0.3) is 0 Å². The summed E-state index contributed by atoms with van der Waals surface area (Å²) in [4.78, 5) is 12.8. The molecule has 1 unspecified atom stereocenters. The Morgan fingerprint density at radius 2 is 1.65 bits per heavy atom. The van der Waals surface area contributed by atoms with Crippen LogP contribution in [-0.4, -0.2) is 19.1 Å². The molecule has 0 radical (unpaired) electrons. The number of amides is 1. The fourth-order valence-electron chi connectivity index (χ4n) is 2.75. The van der Waals surface area contributed by atoms with Crippen LogP contribution in [0.2, 0.25) is 0 Å². The molecule has 1 amide bonds. The second-order valence-electron chi connectivity index (χ2n) is 7.26. The number of carbonyl (C=O) groups is 1. The van der Waals surface area contributed by atoms with Crippen molar-refractivity contribution in [3.63, 3.8) is 0 Å². The number of rotatable bonds is 7. The Kier molecular flexibility index (Phi) is 6.30. The lowest BCUT2D eigenvalue weighted by Gasteiger charge is -2.27. The lowest BCUT2D eigenvalue weighted by molar-refractivity contribution is -0.126. The normalized spacial score (nSPS) is 12.6. The van der Waals surface area contributed by atoms with E-state index in [9.17, 15) is 4.79 Å². The molecule has 0 aliphatic rings. The van der Waals surface area contributed by atoms with E-state index in [1.165, 1.54) is 0 Å². The van der Waals surface area contributed by atoms with Gasteiger partial charge in [-0.2, -0.15) is 0 Å². The highest BCUT2D eigenvalue weighted by Crippen LogP contribution is 2.31. The molecule has 140 valence electrons. The van der Waals surface area contributed by atoms with Crippen LogP contribution in [0.3, 0.4) is 0 Å². The van der Waals surface area contributed by atoms with Gasteiger partial charge in [0, 0.05) is 0 Å². The quantitative estimate of drug-likeness (QED) is 0.787. The minimum Gasteiger partial charge on any atom is -0.493 e. The number of methoxy groups -OCH3 is 1. The fourth-order valence-corrected chi connectivity index (χ4v) is 2.75. The highest BCUT2D eigenvalue weighted by atomic mass is 16.5. The van der Waals surface area contributed by atoms with Crippen LogP contribution in [0, 0.1) is 0 Å². The summed E-state index contributed by atoms with van der Waals surface area (Å²) >= 11 is 0. The molecule has 2 aromatic rings. The Hall–Kier alpha value is -2.49.